The summed E-state index contributed by atoms with van der Waals surface area (Å²) < 4.78 is 11.1. The van der Waals surface area contributed by atoms with Crippen molar-refractivity contribution in [2.75, 3.05) is 13.7 Å². The van der Waals surface area contributed by atoms with Crippen LogP contribution in [0.3, 0.4) is 0 Å². The molecule has 3 rings (SSSR count). The van der Waals surface area contributed by atoms with Gasteiger partial charge in [0.05, 0.1) is 18.2 Å². The molecule has 4 heteroatoms. The van der Waals surface area contributed by atoms with Crippen LogP contribution < -0.4 is 15.2 Å². The van der Waals surface area contributed by atoms with Crippen LogP contribution in [0.1, 0.15) is 36.3 Å². The van der Waals surface area contributed by atoms with Crippen LogP contribution in [-0.4, -0.2) is 19.6 Å². The van der Waals surface area contributed by atoms with E-state index in [4.69, 9.17) is 15.2 Å². The summed E-state index contributed by atoms with van der Waals surface area (Å²) in [6, 6.07) is 3.95. The Bertz CT molecular complexity index is 559. The van der Waals surface area contributed by atoms with E-state index in [-0.39, 0.29) is 0 Å². The predicted molar refractivity (Wildman–Crippen MR) is 72.3 cm³/mol. The molecule has 0 radical (unpaired) electrons. The zero-order valence-electron chi connectivity index (χ0n) is 10.9. The summed E-state index contributed by atoms with van der Waals surface area (Å²) in [6.45, 7) is 0.387. The fraction of sp³-hybridized carbons (Fsp3) is 0.400. The second-order valence-corrected chi connectivity index (χ2v) is 4.98. The Morgan fingerprint density at radius 1 is 1.42 bits per heavy atom. The van der Waals surface area contributed by atoms with Crippen molar-refractivity contribution in [3.05, 3.63) is 29.3 Å². The summed E-state index contributed by atoms with van der Waals surface area (Å²) in [7, 11) is 1.59. The molecule has 1 fully saturated rings. The van der Waals surface area contributed by atoms with Crippen molar-refractivity contribution in [3.8, 4) is 11.5 Å². The molecule has 0 unspecified atom stereocenters. The lowest BCUT2D eigenvalue weighted by atomic mass is 9.78. The zero-order valence-corrected chi connectivity index (χ0v) is 10.9. The molecule has 0 saturated heterocycles. The van der Waals surface area contributed by atoms with Gasteiger partial charge in [0, 0.05) is 0 Å². The van der Waals surface area contributed by atoms with Gasteiger partial charge in [0.15, 0.2) is 0 Å². The number of carbonyl (C=O) groups excluding carboxylic acids is 1. The highest BCUT2D eigenvalue weighted by Gasteiger charge is 2.30. The molecular formula is C15H17NO3. The summed E-state index contributed by atoms with van der Waals surface area (Å²) in [6.07, 6.45) is 5.33. The number of hydrogen-bond donors (Lipinski definition) is 1. The Balaban J connectivity index is 2.16. The minimum atomic E-state index is -0.436. The highest BCUT2D eigenvalue weighted by molar-refractivity contribution is 6.20. The molecular weight excluding hydrogens is 242 g/mol. The number of amides is 1. The molecule has 1 aliphatic heterocycles. The standard InChI is InChI=1S/C15H17NO3/c1-18-12-6-5-10(9-3-2-4-9)14-13(12)11(15(16)17)7-8-19-14/h5-7,9H,2-4,8H2,1H3,(H2,16,17). The summed E-state index contributed by atoms with van der Waals surface area (Å²) in [5, 5.41) is 0. The minimum Gasteiger partial charge on any atom is -0.496 e. The molecule has 100 valence electrons. The number of methoxy groups -OCH3 is 1. The maximum Gasteiger partial charge on any atom is 0.249 e. The van der Waals surface area contributed by atoms with Gasteiger partial charge in [0.1, 0.15) is 18.1 Å². The van der Waals surface area contributed by atoms with Gasteiger partial charge in [-0.15, -0.1) is 0 Å². The first-order chi connectivity index (χ1) is 9.22. The molecule has 0 atom stereocenters. The Kier molecular flexibility index (Phi) is 2.93. The number of fused-ring (bicyclic) bond motifs is 1. The fourth-order valence-corrected chi connectivity index (χ4v) is 2.74. The normalized spacial score (nSPS) is 17.8. The van der Waals surface area contributed by atoms with E-state index in [2.05, 4.69) is 0 Å². The number of carbonyl (C=O) groups is 1. The third kappa shape index (κ3) is 1.87. The van der Waals surface area contributed by atoms with Gasteiger partial charge in [-0.2, -0.15) is 0 Å². The van der Waals surface area contributed by atoms with E-state index in [9.17, 15) is 4.79 Å². The van der Waals surface area contributed by atoms with E-state index >= 15 is 0 Å². The van der Waals surface area contributed by atoms with Gasteiger partial charge in [0.25, 0.3) is 0 Å². The van der Waals surface area contributed by atoms with E-state index in [1.807, 2.05) is 12.1 Å². The highest BCUT2D eigenvalue weighted by Crippen LogP contribution is 2.47. The van der Waals surface area contributed by atoms with E-state index in [0.717, 1.165) is 5.75 Å². The Hall–Kier alpha value is -1.97. The van der Waals surface area contributed by atoms with E-state index < -0.39 is 5.91 Å². The van der Waals surface area contributed by atoms with Gasteiger partial charge in [-0.25, -0.2) is 0 Å². The molecule has 0 aromatic heterocycles. The van der Waals surface area contributed by atoms with Crippen LogP contribution >= 0.6 is 0 Å². The largest absolute Gasteiger partial charge is 0.496 e. The van der Waals surface area contributed by atoms with Crippen molar-refractivity contribution in [2.24, 2.45) is 5.73 Å². The lowest BCUT2D eigenvalue weighted by Gasteiger charge is -2.30. The first-order valence-corrected chi connectivity index (χ1v) is 6.56. The first-order valence-electron chi connectivity index (χ1n) is 6.56. The van der Waals surface area contributed by atoms with Crippen molar-refractivity contribution in [1.82, 2.24) is 0 Å². The van der Waals surface area contributed by atoms with E-state index in [1.165, 1.54) is 24.8 Å². The molecule has 0 spiro atoms. The predicted octanol–water partition coefficient (Wildman–Crippen LogP) is 2.22. The summed E-state index contributed by atoms with van der Waals surface area (Å²) in [5.74, 6) is 1.52. The van der Waals surface area contributed by atoms with Gasteiger partial charge in [0.2, 0.25) is 5.91 Å². The quantitative estimate of drug-likeness (QED) is 0.905. The summed E-state index contributed by atoms with van der Waals surface area (Å²) in [4.78, 5) is 11.6. The maximum absolute atomic E-state index is 11.6. The van der Waals surface area contributed by atoms with Gasteiger partial charge in [-0.1, -0.05) is 12.5 Å². The van der Waals surface area contributed by atoms with E-state index in [1.54, 1.807) is 13.2 Å². The Morgan fingerprint density at radius 2 is 2.21 bits per heavy atom. The molecule has 1 aromatic carbocycles. The third-order valence-electron chi connectivity index (χ3n) is 3.96. The van der Waals surface area contributed by atoms with Crippen LogP contribution in [0.2, 0.25) is 0 Å². The Morgan fingerprint density at radius 3 is 2.79 bits per heavy atom. The van der Waals surface area contributed by atoms with Crippen LogP contribution in [0.4, 0.5) is 0 Å². The monoisotopic (exact) mass is 259 g/mol. The molecule has 1 saturated carbocycles. The van der Waals surface area contributed by atoms with Crippen molar-refractivity contribution in [1.29, 1.82) is 0 Å². The average Bonchev–Trinajstić information content (AvgIpc) is 2.36. The van der Waals surface area contributed by atoms with Crippen LogP contribution in [-0.2, 0) is 4.79 Å². The molecule has 0 bridgehead atoms. The topological polar surface area (TPSA) is 61.5 Å². The lowest BCUT2D eigenvalue weighted by Crippen LogP contribution is -2.20. The van der Waals surface area contributed by atoms with Crippen LogP contribution in [0.15, 0.2) is 18.2 Å². The molecule has 1 aliphatic carbocycles. The third-order valence-corrected chi connectivity index (χ3v) is 3.96. The van der Waals surface area contributed by atoms with Gasteiger partial charge < -0.3 is 15.2 Å². The molecule has 19 heavy (non-hydrogen) atoms. The van der Waals surface area contributed by atoms with Crippen LogP contribution in [0.25, 0.3) is 5.57 Å². The number of nitrogens with two attached hydrogens (primary N) is 1. The second kappa shape index (κ2) is 4.61. The van der Waals surface area contributed by atoms with E-state index in [0.29, 0.717) is 29.4 Å². The molecule has 4 nitrogen and oxygen atoms in total. The fourth-order valence-electron chi connectivity index (χ4n) is 2.74. The van der Waals surface area contributed by atoms with Crippen molar-refractivity contribution >= 4 is 11.5 Å². The Labute approximate surface area is 112 Å². The number of primary amides is 1. The molecule has 1 aromatic rings. The molecule has 1 heterocycles. The smallest absolute Gasteiger partial charge is 0.249 e. The average molecular weight is 259 g/mol. The SMILES string of the molecule is COc1ccc(C2CCC2)c2c1C(C(N)=O)=CCO2. The van der Waals surface area contributed by atoms with Crippen molar-refractivity contribution in [2.45, 2.75) is 25.2 Å². The molecule has 1 amide bonds. The lowest BCUT2D eigenvalue weighted by molar-refractivity contribution is -0.112. The highest BCUT2D eigenvalue weighted by atomic mass is 16.5. The molecule has 2 N–H and O–H groups in total. The number of rotatable bonds is 3. The maximum atomic E-state index is 11.6. The van der Waals surface area contributed by atoms with Crippen molar-refractivity contribution in [3.63, 3.8) is 0 Å². The van der Waals surface area contributed by atoms with Crippen LogP contribution in [0.5, 0.6) is 11.5 Å². The summed E-state index contributed by atoms with van der Waals surface area (Å²) in [5.41, 5.74) is 7.85. The minimum absolute atomic E-state index is 0.387. The number of benzene rings is 1. The molecule has 2 aliphatic rings. The van der Waals surface area contributed by atoms with Gasteiger partial charge in [-0.3, -0.25) is 4.79 Å². The zero-order chi connectivity index (χ0) is 13.4. The first kappa shape index (κ1) is 12.1. The van der Waals surface area contributed by atoms with Crippen LogP contribution in [0, 0.1) is 0 Å². The number of hydrogen-bond acceptors (Lipinski definition) is 3. The number of ether oxygens (including phenoxy) is 2. The van der Waals surface area contributed by atoms with Gasteiger partial charge >= 0.3 is 0 Å². The second-order valence-electron chi connectivity index (χ2n) is 4.98. The van der Waals surface area contributed by atoms with Crippen molar-refractivity contribution < 1.29 is 14.3 Å². The summed E-state index contributed by atoms with van der Waals surface area (Å²) >= 11 is 0. The van der Waals surface area contributed by atoms with Gasteiger partial charge in [-0.05, 0) is 36.5 Å².